The van der Waals surface area contributed by atoms with E-state index < -0.39 is 22.0 Å². The van der Waals surface area contributed by atoms with Gasteiger partial charge >= 0.3 is 5.97 Å². The second-order valence-electron chi connectivity index (χ2n) is 5.90. The average molecular weight is 440 g/mol. The first-order valence-corrected chi connectivity index (χ1v) is 10.5. The van der Waals surface area contributed by atoms with Gasteiger partial charge in [0.2, 0.25) is 10.0 Å². The lowest BCUT2D eigenvalue weighted by atomic mass is 10.1. The van der Waals surface area contributed by atoms with E-state index in [0.29, 0.717) is 0 Å². The summed E-state index contributed by atoms with van der Waals surface area (Å²) in [5.74, 6) is -0.579. The van der Waals surface area contributed by atoms with Crippen molar-refractivity contribution >= 4 is 31.9 Å². The lowest BCUT2D eigenvalue weighted by Crippen LogP contribution is -2.38. The molecule has 1 atom stereocenters. The Labute approximate surface area is 163 Å². The third-order valence-corrected chi connectivity index (χ3v) is 6.40. The molecule has 26 heavy (non-hydrogen) atoms. The Morgan fingerprint density at radius 3 is 2.42 bits per heavy atom. The van der Waals surface area contributed by atoms with Crippen LogP contribution in [0.4, 0.5) is 0 Å². The molecule has 0 aliphatic heterocycles. The molecule has 0 radical (unpaired) electrons. The summed E-state index contributed by atoms with van der Waals surface area (Å²) in [6.45, 7) is 5.18. The minimum absolute atomic E-state index is 0.147. The molecule has 0 saturated heterocycles. The maximum absolute atomic E-state index is 13.2. The monoisotopic (exact) mass is 439 g/mol. The minimum Gasteiger partial charge on any atom is -0.465 e. The lowest BCUT2D eigenvalue weighted by Gasteiger charge is -2.28. The van der Waals surface area contributed by atoms with E-state index in [9.17, 15) is 13.2 Å². The van der Waals surface area contributed by atoms with Crippen LogP contribution in [0.2, 0.25) is 0 Å². The Morgan fingerprint density at radius 1 is 1.19 bits per heavy atom. The van der Waals surface area contributed by atoms with Crippen LogP contribution in [0.5, 0.6) is 0 Å². The number of ether oxygens (including phenoxy) is 1. The van der Waals surface area contributed by atoms with Crippen molar-refractivity contribution in [3.63, 3.8) is 0 Å². The zero-order chi connectivity index (χ0) is 19.3. The van der Waals surface area contributed by atoms with Gasteiger partial charge in [0.15, 0.2) is 0 Å². The molecule has 1 unspecified atom stereocenters. The molecule has 0 bridgehead atoms. The van der Waals surface area contributed by atoms with Crippen molar-refractivity contribution in [1.29, 1.82) is 0 Å². The second kappa shape index (κ2) is 8.79. The number of aryl methyl sites for hydroxylation is 1. The molecule has 0 saturated carbocycles. The fourth-order valence-corrected chi connectivity index (χ4v) is 4.52. The van der Waals surface area contributed by atoms with E-state index in [0.717, 1.165) is 15.6 Å². The van der Waals surface area contributed by atoms with Crippen LogP contribution in [-0.2, 0) is 19.6 Å². The third-order valence-electron chi connectivity index (χ3n) is 3.98. The van der Waals surface area contributed by atoms with Crippen LogP contribution < -0.4 is 0 Å². The maximum atomic E-state index is 13.2. The van der Waals surface area contributed by atoms with Gasteiger partial charge in [0.05, 0.1) is 11.5 Å². The summed E-state index contributed by atoms with van der Waals surface area (Å²) in [7, 11) is -3.87. The summed E-state index contributed by atoms with van der Waals surface area (Å²) in [5, 5.41) is 0. The summed E-state index contributed by atoms with van der Waals surface area (Å²) in [5.41, 5.74) is 1.74. The zero-order valence-corrected chi connectivity index (χ0v) is 17.4. The van der Waals surface area contributed by atoms with Crippen molar-refractivity contribution in [2.24, 2.45) is 0 Å². The Kier molecular flexibility index (Phi) is 6.97. The van der Waals surface area contributed by atoms with Crippen LogP contribution in [0.25, 0.3) is 0 Å². The van der Waals surface area contributed by atoms with Crippen LogP contribution in [0.1, 0.15) is 31.0 Å². The van der Waals surface area contributed by atoms with Gasteiger partial charge in [0.1, 0.15) is 6.54 Å². The number of rotatable bonds is 7. The molecule has 2 aromatic carbocycles. The van der Waals surface area contributed by atoms with Gasteiger partial charge in [-0.05, 0) is 50.6 Å². The molecule has 2 aromatic rings. The van der Waals surface area contributed by atoms with Crippen molar-refractivity contribution in [2.45, 2.75) is 31.7 Å². The van der Waals surface area contributed by atoms with Crippen LogP contribution in [0, 0.1) is 6.92 Å². The predicted octanol–water partition coefficient (Wildman–Crippen LogP) is 4.07. The zero-order valence-electron chi connectivity index (χ0n) is 15.0. The number of hydrogen-bond donors (Lipinski definition) is 0. The third kappa shape index (κ3) is 4.93. The van der Waals surface area contributed by atoms with Crippen molar-refractivity contribution in [3.8, 4) is 0 Å². The van der Waals surface area contributed by atoms with Gasteiger partial charge in [-0.1, -0.05) is 45.8 Å². The molecule has 0 fully saturated rings. The van der Waals surface area contributed by atoms with Crippen LogP contribution in [0.15, 0.2) is 57.9 Å². The lowest BCUT2D eigenvalue weighted by molar-refractivity contribution is -0.143. The van der Waals surface area contributed by atoms with Gasteiger partial charge < -0.3 is 4.74 Å². The molecular formula is C19H22BrNO4S. The second-order valence-corrected chi connectivity index (χ2v) is 8.71. The quantitative estimate of drug-likeness (QED) is 0.609. The van der Waals surface area contributed by atoms with Crippen molar-refractivity contribution < 1.29 is 17.9 Å². The first-order valence-electron chi connectivity index (χ1n) is 8.25. The number of halogens is 1. The molecule has 0 amide bonds. The van der Waals surface area contributed by atoms with Crippen molar-refractivity contribution in [1.82, 2.24) is 4.31 Å². The summed E-state index contributed by atoms with van der Waals surface area (Å²) >= 11 is 3.40. The molecule has 0 aliphatic carbocycles. The van der Waals surface area contributed by atoms with E-state index in [2.05, 4.69) is 15.9 Å². The standard InChI is InChI=1S/C19H22BrNO4S/c1-4-25-19(22)13-21(15(3)16-6-5-7-17(20)12-16)26(23,24)18-10-8-14(2)9-11-18/h5-12,15H,4,13H2,1-3H3. The van der Waals surface area contributed by atoms with Gasteiger partial charge in [-0.2, -0.15) is 4.31 Å². The maximum Gasteiger partial charge on any atom is 0.321 e. The van der Waals surface area contributed by atoms with Gasteiger partial charge in [-0.15, -0.1) is 0 Å². The number of nitrogens with zero attached hydrogens (tertiary/aromatic N) is 1. The molecule has 0 aromatic heterocycles. The largest absolute Gasteiger partial charge is 0.465 e. The van der Waals surface area contributed by atoms with E-state index in [-0.39, 0.29) is 18.0 Å². The normalized spacial score (nSPS) is 12.8. The van der Waals surface area contributed by atoms with Crippen molar-refractivity contribution in [3.05, 3.63) is 64.1 Å². The molecule has 5 nitrogen and oxygen atoms in total. The summed E-state index contributed by atoms with van der Waals surface area (Å²) in [6, 6.07) is 13.4. The first kappa shape index (κ1) is 20.6. The van der Waals surface area contributed by atoms with Gasteiger partial charge in [-0.25, -0.2) is 8.42 Å². The number of carbonyl (C=O) groups excluding carboxylic acids is 1. The molecule has 140 valence electrons. The van der Waals surface area contributed by atoms with E-state index in [1.165, 1.54) is 4.31 Å². The SMILES string of the molecule is CCOC(=O)CN(C(C)c1cccc(Br)c1)S(=O)(=O)c1ccc(C)cc1. The molecule has 0 aliphatic rings. The minimum atomic E-state index is -3.87. The molecular weight excluding hydrogens is 418 g/mol. The van der Waals surface area contributed by atoms with E-state index in [1.807, 2.05) is 31.2 Å². The highest BCUT2D eigenvalue weighted by Crippen LogP contribution is 2.29. The predicted molar refractivity (Wildman–Crippen MR) is 104 cm³/mol. The Morgan fingerprint density at radius 2 is 1.85 bits per heavy atom. The number of benzene rings is 2. The van der Waals surface area contributed by atoms with E-state index >= 15 is 0 Å². The number of sulfonamides is 1. The summed E-state index contributed by atoms with van der Waals surface area (Å²) in [6.07, 6.45) is 0. The Hall–Kier alpha value is -1.70. The summed E-state index contributed by atoms with van der Waals surface area (Å²) in [4.78, 5) is 12.2. The number of hydrogen-bond acceptors (Lipinski definition) is 4. The molecule has 0 heterocycles. The summed E-state index contributed by atoms with van der Waals surface area (Å²) < 4.78 is 33.4. The highest BCUT2D eigenvalue weighted by atomic mass is 79.9. The molecule has 0 spiro atoms. The Bertz CT molecular complexity index is 865. The van der Waals surface area contributed by atoms with Gasteiger partial charge in [0.25, 0.3) is 0 Å². The van der Waals surface area contributed by atoms with Crippen LogP contribution in [-0.4, -0.2) is 31.8 Å². The number of carbonyl (C=O) groups is 1. The van der Waals surface area contributed by atoms with Gasteiger partial charge in [-0.3, -0.25) is 4.79 Å². The Balaban J connectivity index is 2.45. The fourth-order valence-electron chi connectivity index (χ4n) is 2.54. The smallest absolute Gasteiger partial charge is 0.321 e. The first-order chi connectivity index (χ1) is 12.3. The molecule has 2 rings (SSSR count). The molecule has 7 heteroatoms. The average Bonchev–Trinajstić information content (AvgIpc) is 2.59. The highest BCUT2D eigenvalue weighted by molar-refractivity contribution is 9.10. The van der Waals surface area contributed by atoms with E-state index in [1.54, 1.807) is 38.1 Å². The van der Waals surface area contributed by atoms with Crippen molar-refractivity contribution in [2.75, 3.05) is 13.2 Å². The number of esters is 1. The highest BCUT2D eigenvalue weighted by Gasteiger charge is 2.32. The molecule has 0 N–H and O–H groups in total. The topological polar surface area (TPSA) is 63.7 Å². The van der Waals surface area contributed by atoms with Crippen LogP contribution in [0.3, 0.4) is 0 Å². The van der Waals surface area contributed by atoms with E-state index in [4.69, 9.17) is 4.74 Å². The van der Waals surface area contributed by atoms with Crippen LogP contribution >= 0.6 is 15.9 Å². The van der Waals surface area contributed by atoms with Gasteiger partial charge in [0, 0.05) is 10.5 Å². The fraction of sp³-hybridized carbons (Fsp3) is 0.316.